The van der Waals surface area contributed by atoms with Crippen LogP contribution in [-0.2, 0) is 55.1 Å². The molecule has 10 rings (SSSR count). The number of amides is 7. The predicted molar refractivity (Wildman–Crippen MR) is 372 cm³/mol. The zero-order valence-corrected chi connectivity index (χ0v) is 59.3. The molecule has 0 bridgehead atoms. The minimum Gasteiger partial charge on any atom is -0.504 e. The Labute approximate surface area is 600 Å². The van der Waals surface area contributed by atoms with Crippen molar-refractivity contribution in [2.75, 3.05) is 82.3 Å². The minimum absolute atomic E-state index is 0.0524. The van der Waals surface area contributed by atoms with Crippen molar-refractivity contribution in [1.82, 2.24) is 67.2 Å². The van der Waals surface area contributed by atoms with Crippen LogP contribution in [0.3, 0.4) is 0 Å². The molecule has 5 aliphatic heterocycles. The number of carbonyl (C=O) groups excluding carboxylic acids is 7. The number of fused-ring (bicyclic) bond motifs is 2. The van der Waals surface area contributed by atoms with E-state index in [1.54, 1.807) is 7.05 Å². The zero-order valence-electron chi connectivity index (χ0n) is 57.7. The predicted octanol–water partition coefficient (Wildman–Crippen LogP) is -2.38. The number of nitrogens with zero attached hydrogens (tertiary/aromatic N) is 8. The van der Waals surface area contributed by atoms with Crippen molar-refractivity contribution in [1.29, 1.82) is 0 Å². The summed E-state index contributed by atoms with van der Waals surface area (Å²) in [5, 5.41) is 109. The van der Waals surface area contributed by atoms with Crippen LogP contribution in [0.25, 0.3) is 21.7 Å². The highest BCUT2D eigenvalue weighted by Crippen LogP contribution is 2.35. The minimum atomic E-state index is -5.23. The Morgan fingerprint density at radius 2 is 1.37 bits per heavy atom. The largest absolute Gasteiger partial charge is 0.504 e. The molecule has 7 heterocycles. The lowest BCUT2D eigenvalue weighted by Crippen LogP contribution is -2.64. The van der Waals surface area contributed by atoms with Crippen molar-refractivity contribution in [3.63, 3.8) is 0 Å². The van der Waals surface area contributed by atoms with Crippen LogP contribution >= 0.6 is 11.3 Å². The maximum Gasteiger partial charge on any atom is 0.446 e. The van der Waals surface area contributed by atoms with Crippen molar-refractivity contribution in [2.24, 2.45) is 11.8 Å². The molecular weight excluding hydrogens is 1380 g/mol. The quantitative estimate of drug-likeness (QED) is 0.0306. The summed E-state index contributed by atoms with van der Waals surface area (Å²) in [6, 6.07) is -0.250. The first kappa shape index (κ1) is 77.7. The number of phenolic OH excluding ortho intramolecular Hbond substituents is 1. The van der Waals surface area contributed by atoms with Gasteiger partial charge in [-0.3, -0.25) is 38.1 Å². The van der Waals surface area contributed by atoms with Crippen LogP contribution in [0.2, 0.25) is 0 Å². The summed E-state index contributed by atoms with van der Waals surface area (Å²) in [5.74, 6) is -9.58. The molecular formula is C67H95N15O19S2. The number of ether oxygens (including phenoxy) is 1. The summed E-state index contributed by atoms with van der Waals surface area (Å²) >= 11 is 1.44. The molecule has 36 heteroatoms. The molecule has 2 aromatic heterocycles. The molecule has 34 nitrogen and oxygen atoms in total. The lowest BCUT2D eigenvalue weighted by Gasteiger charge is -2.34. The molecule has 7 amide bonds. The van der Waals surface area contributed by atoms with Gasteiger partial charge in [-0.2, -0.15) is 8.42 Å². The molecule has 5 saturated heterocycles. The van der Waals surface area contributed by atoms with Crippen molar-refractivity contribution >= 4 is 74.2 Å². The molecule has 564 valence electrons. The molecule has 13 atom stereocenters. The molecule has 103 heavy (non-hydrogen) atoms. The summed E-state index contributed by atoms with van der Waals surface area (Å²) in [6.07, 6.45) is 0.488. The fraction of sp³-hybridized carbons (Fsp3) is 0.627. The SMILES string of the molecule is CNCCNC(=O)C[C@@H](O)[C@@H]1NC(=O)[C@H]([C@H](O)Cc2ccc(O)c(OS(=O)(=O)O)c2)NC(=O)[C@@H]2C[C@@H](O)CN2C(=O)[C@H]([C@@H](C)O)NC(=O)[C@@H](NCC2CCN(c3nnc(-c4ccc(-c5cnc(N6CCC(OC7CCCCC7)CC6)nc5)cc4)s3)CC2)C[C@@H](O)CNC(=O)[C@@H]2[C@@H](O)[C@@H](C)CN2C1=O. The first-order valence-electron chi connectivity index (χ1n) is 35.1. The normalized spacial score (nSPS) is 26.8. The number of hydrogen-bond donors (Lipinski definition) is 15. The van der Waals surface area contributed by atoms with Gasteiger partial charge in [0, 0.05) is 101 Å². The first-order chi connectivity index (χ1) is 49.2. The third kappa shape index (κ3) is 20.3. The Bertz CT molecular complexity index is 3690. The van der Waals surface area contributed by atoms with Crippen LogP contribution in [0.15, 0.2) is 54.9 Å². The van der Waals surface area contributed by atoms with Crippen LogP contribution in [0.4, 0.5) is 11.1 Å². The van der Waals surface area contributed by atoms with E-state index in [4.69, 9.17) is 14.7 Å². The van der Waals surface area contributed by atoms with E-state index in [1.165, 1.54) is 44.4 Å². The van der Waals surface area contributed by atoms with Gasteiger partial charge in [0.2, 0.25) is 52.4 Å². The Hall–Kier alpha value is -7.88. The smallest absolute Gasteiger partial charge is 0.446 e. The number of benzene rings is 2. The van der Waals surface area contributed by atoms with E-state index in [0.717, 1.165) is 83.5 Å². The van der Waals surface area contributed by atoms with Gasteiger partial charge in [-0.1, -0.05) is 67.9 Å². The Morgan fingerprint density at radius 1 is 0.718 bits per heavy atom. The molecule has 6 fully saturated rings. The number of phenols is 1. The van der Waals surface area contributed by atoms with Gasteiger partial charge in [0.1, 0.15) is 35.2 Å². The van der Waals surface area contributed by atoms with Gasteiger partial charge < -0.3 is 101 Å². The lowest BCUT2D eigenvalue weighted by atomic mass is 9.96. The van der Waals surface area contributed by atoms with E-state index in [9.17, 15) is 82.3 Å². The standard InChI is InChI=1S/C67H95N15O19S2/c1-36-34-82-57(58(36)90)62(94)71-33-43(84)27-47(70-30-38-15-21-80(22-16-38)67-78-77-63(102-67)41-12-10-40(11-13-41)42-31-72-66(73-32-42)79-23-17-46(18-24-79)100-45-7-5-4-6-8-45)59(91)74-54(37(2)83)64(95)81-35-44(85)28-48(81)60(92)75-55(50(87)25-39-9-14-49(86)52(26-39)101-103(97,98)99)61(93)76-56(65(82)96)51(88)29-53(89)69-20-19-68-3/h9-14,26,31-32,36-38,43-48,50-51,54-58,68,70,83-88,90H,4-8,15-25,27-30,33-35H2,1-3H3,(H,69,89)(H,71,94)(H,74,91)(H,75,92)(H,76,93)(H,97,98,99)/t36-,37+,43+,44+,47-,48-,50+,51+,54-,55-,56-,57-,58-/m0/s1. The number of nitrogens with one attached hydrogen (secondary N) is 7. The van der Waals surface area contributed by atoms with E-state index in [-0.39, 0.29) is 43.8 Å². The van der Waals surface area contributed by atoms with Crippen LogP contribution in [0, 0.1) is 11.8 Å². The maximum absolute atomic E-state index is 15.0. The molecule has 15 N–H and O–H groups in total. The van der Waals surface area contributed by atoms with Crippen LogP contribution < -0.4 is 51.2 Å². The number of aliphatic hydroxyl groups excluding tert-OH is 6. The monoisotopic (exact) mass is 1480 g/mol. The molecule has 1 aliphatic carbocycles. The van der Waals surface area contributed by atoms with Gasteiger partial charge >= 0.3 is 10.4 Å². The topological polar surface area (TPSA) is 483 Å². The summed E-state index contributed by atoms with van der Waals surface area (Å²) in [5.41, 5.74) is 2.60. The van der Waals surface area contributed by atoms with Gasteiger partial charge in [0.15, 0.2) is 11.5 Å². The lowest BCUT2D eigenvalue weighted by molar-refractivity contribution is -0.147. The number of hydrogen-bond acceptors (Lipinski definition) is 27. The van der Waals surface area contributed by atoms with Crippen molar-refractivity contribution in [2.45, 2.75) is 182 Å². The summed E-state index contributed by atoms with van der Waals surface area (Å²) < 4.78 is 43.6. The average molecular weight is 1480 g/mol. The number of β-amino-alcohol motifs (C(OH)–C–C–N with tert-alkyl or cyclic N) is 1. The summed E-state index contributed by atoms with van der Waals surface area (Å²) in [4.78, 5) is 117. The Morgan fingerprint density at radius 3 is 2.05 bits per heavy atom. The molecule has 2 aromatic carbocycles. The number of anilines is 2. The summed E-state index contributed by atoms with van der Waals surface area (Å²) in [6.45, 7) is 4.48. The van der Waals surface area contributed by atoms with Gasteiger partial charge in [-0.25, -0.2) is 9.97 Å². The van der Waals surface area contributed by atoms with E-state index in [0.29, 0.717) is 48.1 Å². The van der Waals surface area contributed by atoms with Crippen molar-refractivity contribution in [3.8, 4) is 33.2 Å². The number of rotatable bonds is 21. The van der Waals surface area contributed by atoms with Gasteiger partial charge in [-0.15, -0.1) is 10.2 Å². The number of carbonyl (C=O) groups is 7. The molecule has 0 spiro atoms. The molecule has 0 unspecified atom stereocenters. The van der Waals surface area contributed by atoms with Gasteiger partial charge in [0.05, 0.1) is 61.3 Å². The van der Waals surface area contributed by atoms with Crippen LogP contribution in [0.1, 0.15) is 96.5 Å². The van der Waals surface area contributed by atoms with Crippen molar-refractivity contribution in [3.05, 3.63) is 60.4 Å². The maximum atomic E-state index is 15.0. The first-order valence-corrected chi connectivity index (χ1v) is 37.3. The number of aromatic hydroxyl groups is 1. The second-order valence-electron chi connectivity index (χ2n) is 27.7. The third-order valence-corrected chi connectivity index (χ3v) is 21.3. The number of aromatic nitrogens is 4. The van der Waals surface area contributed by atoms with E-state index in [1.807, 2.05) is 36.7 Å². The number of piperidine rings is 2. The second-order valence-corrected chi connectivity index (χ2v) is 29.6. The fourth-order valence-corrected chi connectivity index (χ4v) is 15.4. The molecule has 1 saturated carbocycles. The molecule has 0 radical (unpaired) electrons. The Kier molecular flexibility index (Phi) is 26.6. The van der Waals surface area contributed by atoms with Gasteiger partial charge in [-0.05, 0) is 94.6 Å². The second kappa shape index (κ2) is 35.3. The molecule has 4 aromatic rings. The van der Waals surface area contributed by atoms with E-state index < -0.39 is 181 Å². The Balaban J connectivity index is 0.837. The highest BCUT2D eigenvalue weighted by atomic mass is 32.3. The fourth-order valence-electron chi connectivity index (χ4n) is 14.1. The van der Waals surface area contributed by atoms with Crippen LogP contribution in [-0.4, -0.2) is 278 Å². The summed E-state index contributed by atoms with van der Waals surface area (Å²) in [7, 11) is -3.62. The van der Waals surface area contributed by atoms with E-state index >= 15 is 0 Å². The molecule has 6 aliphatic rings. The van der Waals surface area contributed by atoms with Crippen LogP contribution in [0.5, 0.6) is 11.5 Å². The highest BCUT2D eigenvalue weighted by Gasteiger charge is 2.50. The number of likely N-dealkylation sites (N-methyl/N-ethyl adjacent to an activating group) is 1. The number of aliphatic hydroxyl groups is 6. The van der Waals surface area contributed by atoms with Crippen molar-refractivity contribution < 1.29 is 91.2 Å². The third-order valence-electron chi connectivity index (χ3n) is 19.9. The highest BCUT2D eigenvalue weighted by molar-refractivity contribution is 7.81. The van der Waals surface area contributed by atoms with Gasteiger partial charge in [0.25, 0.3) is 0 Å². The average Bonchev–Trinajstić information content (AvgIpc) is 1.67. The van der Waals surface area contributed by atoms with E-state index in [2.05, 4.69) is 61.4 Å². The zero-order chi connectivity index (χ0) is 73.8.